The number of carbonyl (C=O) groups is 1. The standard InChI is InChI=1S/C14H16N2O3/c1-18-13-5-3-2-4-11(13)6-7-15-14(17)8-12-9-19-10-16-12/h2-5,9-10H,6-8H2,1H3,(H,15,17). The van der Waals surface area contributed by atoms with Crippen molar-refractivity contribution in [3.8, 4) is 5.75 Å². The zero-order valence-corrected chi connectivity index (χ0v) is 10.8. The van der Waals surface area contributed by atoms with Gasteiger partial charge in [0.2, 0.25) is 5.91 Å². The molecule has 0 saturated heterocycles. The molecule has 19 heavy (non-hydrogen) atoms. The Morgan fingerprint density at radius 1 is 1.42 bits per heavy atom. The molecule has 2 aromatic rings. The van der Waals surface area contributed by atoms with Crippen LogP contribution < -0.4 is 10.1 Å². The summed E-state index contributed by atoms with van der Waals surface area (Å²) in [5.41, 5.74) is 1.71. The monoisotopic (exact) mass is 260 g/mol. The molecule has 0 spiro atoms. The molecule has 2 rings (SSSR count). The van der Waals surface area contributed by atoms with Crippen molar-refractivity contribution in [1.82, 2.24) is 10.3 Å². The fourth-order valence-corrected chi connectivity index (χ4v) is 1.80. The first-order valence-corrected chi connectivity index (χ1v) is 6.05. The third kappa shape index (κ3) is 3.84. The van der Waals surface area contributed by atoms with Crippen LogP contribution >= 0.6 is 0 Å². The summed E-state index contributed by atoms with van der Waals surface area (Å²) < 4.78 is 10.1. The lowest BCUT2D eigenvalue weighted by molar-refractivity contribution is -0.120. The minimum atomic E-state index is -0.0659. The smallest absolute Gasteiger partial charge is 0.226 e. The summed E-state index contributed by atoms with van der Waals surface area (Å²) in [5.74, 6) is 0.775. The van der Waals surface area contributed by atoms with Gasteiger partial charge in [-0.3, -0.25) is 4.79 Å². The van der Waals surface area contributed by atoms with Crippen molar-refractivity contribution in [1.29, 1.82) is 0 Å². The van der Waals surface area contributed by atoms with Crippen LogP contribution in [0.15, 0.2) is 41.3 Å². The Bertz CT molecular complexity index is 523. The Morgan fingerprint density at radius 2 is 2.26 bits per heavy atom. The van der Waals surface area contributed by atoms with Crippen molar-refractivity contribution in [2.24, 2.45) is 0 Å². The van der Waals surface area contributed by atoms with Gasteiger partial charge in [0.15, 0.2) is 6.39 Å². The minimum Gasteiger partial charge on any atom is -0.496 e. The van der Waals surface area contributed by atoms with Crippen molar-refractivity contribution in [2.75, 3.05) is 13.7 Å². The number of carbonyl (C=O) groups excluding carboxylic acids is 1. The summed E-state index contributed by atoms with van der Waals surface area (Å²) in [6.45, 7) is 0.567. The van der Waals surface area contributed by atoms with Gasteiger partial charge in [-0.1, -0.05) is 18.2 Å². The van der Waals surface area contributed by atoms with E-state index in [0.29, 0.717) is 12.2 Å². The molecule has 0 fully saturated rings. The summed E-state index contributed by atoms with van der Waals surface area (Å²) in [6.07, 6.45) is 3.76. The fraction of sp³-hybridized carbons (Fsp3) is 0.286. The summed E-state index contributed by atoms with van der Waals surface area (Å²) in [4.78, 5) is 15.5. The first-order valence-electron chi connectivity index (χ1n) is 6.05. The molecule has 1 aromatic heterocycles. The summed E-state index contributed by atoms with van der Waals surface area (Å²) in [5, 5.41) is 2.84. The largest absolute Gasteiger partial charge is 0.496 e. The Morgan fingerprint density at radius 3 is 3.00 bits per heavy atom. The quantitative estimate of drug-likeness (QED) is 0.856. The van der Waals surface area contributed by atoms with Crippen LogP contribution in [0, 0.1) is 0 Å². The van der Waals surface area contributed by atoms with E-state index >= 15 is 0 Å². The Balaban J connectivity index is 1.78. The van der Waals surface area contributed by atoms with Crippen LogP contribution in [-0.4, -0.2) is 24.5 Å². The summed E-state index contributed by atoms with van der Waals surface area (Å²) in [6, 6.07) is 7.77. The molecule has 1 heterocycles. The van der Waals surface area contributed by atoms with Crippen LogP contribution in [0.3, 0.4) is 0 Å². The maximum absolute atomic E-state index is 11.6. The van der Waals surface area contributed by atoms with Gasteiger partial charge in [-0.2, -0.15) is 0 Å². The van der Waals surface area contributed by atoms with Gasteiger partial charge in [-0.25, -0.2) is 4.98 Å². The number of nitrogens with zero attached hydrogens (tertiary/aromatic N) is 1. The number of hydrogen-bond acceptors (Lipinski definition) is 4. The van der Waals surface area contributed by atoms with Crippen LogP contribution in [0.25, 0.3) is 0 Å². The Hall–Kier alpha value is -2.30. The van der Waals surface area contributed by atoms with Crippen LogP contribution in [0.4, 0.5) is 0 Å². The van der Waals surface area contributed by atoms with Crippen LogP contribution in [0.5, 0.6) is 5.75 Å². The number of ether oxygens (including phenoxy) is 1. The van der Waals surface area contributed by atoms with Gasteiger partial charge in [0.05, 0.1) is 19.2 Å². The third-order valence-electron chi connectivity index (χ3n) is 2.73. The van der Waals surface area contributed by atoms with Crippen molar-refractivity contribution in [2.45, 2.75) is 12.8 Å². The van der Waals surface area contributed by atoms with Crippen molar-refractivity contribution < 1.29 is 13.9 Å². The second-order valence-corrected chi connectivity index (χ2v) is 4.07. The van der Waals surface area contributed by atoms with Gasteiger partial charge in [0.1, 0.15) is 12.0 Å². The average Bonchev–Trinajstić information content (AvgIpc) is 2.92. The van der Waals surface area contributed by atoms with Crippen molar-refractivity contribution >= 4 is 5.91 Å². The number of methoxy groups -OCH3 is 1. The lowest BCUT2D eigenvalue weighted by Gasteiger charge is -2.08. The van der Waals surface area contributed by atoms with Crippen molar-refractivity contribution in [3.05, 3.63) is 48.2 Å². The van der Waals surface area contributed by atoms with Crippen molar-refractivity contribution in [3.63, 3.8) is 0 Å². The molecule has 5 heteroatoms. The first-order chi connectivity index (χ1) is 9.29. The number of rotatable bonds is 6. The molecule has 100 valence electrons. The molecule has 0 aliphatic heterocycles. The van der Waals surface area contributed by atoms with E-state index in [0.717, 1.165) is 17.7 Å². The highest BCUT2D eigenvalue weighted by atomic mass is 16.5. The molecule has 0 bridgehead atoms. The highest BCUT2D eigenvalue weighted by Gasteiger charge is 2.06. The zero-order chi connectivity index (χ0) is 13.5. The highest BCUT2D eigenvalue weighted by Crippen LogP contribution is 2.17. The lowest BCUT2D eigenvalue weighted by Crippen LogP contribution is -2.27. The summed E-state index contributed by atoms with van der Waals surface area (Å²) in [7, 11) is 1.64. The van der Waals surface area contributed by atoms with Gasteiger partial charge in [0.25, 0.3) is 0 Å². The maximum atomic E-state index is 11.6. The molecule has 5 nitrogen and oxygen atoms in total. The third-order valence-corrected chi connectivity index (χ3v) is 2.73. The van der Waals surface area contributed by atoms with E-state index in [1.165, 1.54) is 12.7 Å². The molecule has 0 atom stereocenters. The first kappa shape index (κ1) is 13.1. The number of amides is 1. The van der Waals surface area contributed by atoms with Gasteiger partial charge < -0.3 is 14.5 Å². The topological polar surface area (TPSA) is 64.4 Å². The van der Waals surface area contributed by atoms with Crippen LogP contribution in [0.1, 0.15) is 11.3 Å². The molecular weight excluding hydrogens is 244 g/mol. The van der Waals surface area contributed by atoms with E-state index < -0.39 is 0 Å². The van der Waals surface area contributed by atoms with E-state index in [1.54, 1.807) is 7.11 Å². The molecule has 0 saturated carbocycles. The molecule has 1 amide bonds. The SMILES string of the molecule is COc1ccccc1CCNC(=O)Cc1cocn1. The number of para-hydroxylation sites is 1. The maximum Gasteiger partial charge on any atom is 0.226 e. The molecule has 1 aromatic carbocycles. The van der Waals surface area contributed by atoms with Gasteiger partial charge in [0, 0.05) is 6.54 Å². The van der Waals surface area contributed by atoms with Crippen LogP contribution in [-0.2, 0) is 17.6 Å². The van der Waals surface area contributed by atoms with E-state index in [4.69, 9.17) is 9.15 Å². The molecule has 0 radical (unpaired) electrons. The van der Waals surface area contributed by atoms with E-state index in [1.807, 2.05) is 24.3 Å². The average molecular weight is 260 g/mol. The molecular formula is C14H16N2O3. The lowest BCUT2D eigenvalue weighted by atomic mass is 10.1. The number of nitrogens with one attached hydrogen (secondary N) is 1. The van der Waals surface area contributed by atoms with Gasteiger partial charge in [-0.05, 0) is 18.1 Å². The summed E-state index contributed by atoms with van der Waals surface area (Å²) >= 11 is 0. The fourth-order valence-electron chi connectivity index (χ4n) is 1.80. The highest BCUT2D eigenvalue weighted by molar-refractivity contribution is 5.77. The van der Waals surface area contributed by atoms with Gasteiger partial charge >= 0.3 is 0 Å². The Labute approximate surface area is 111 Å². The molecule has 0 aliphatic rings. The second-order valence-electron chi connectivity index (χ2n) is 4.07. The van der Waals surface area contributed by atoms with E-state index in [9.17, 15) is 4.79 Å². The number of aromatic nitrogens is 1. The number of benzene rings is 1. The number of oxazole rings is 1. The van der Waals surface area contributed by atoms with Crippen LogP contribution in [0.2, 0.25) is 0 Å². The molecule has 0 unspecified atom stereocenters. The normalized spacial score (nSPS) is 10.2. The predicted octanol–water partition coefficient (Wildman–Crippen LogP) is 1.58. The second kappa shape index (κ2) is 6.58. The van der Waals surface area contributed by atoms with E-state index in [2.05, 4.69) is 10.3 Å². The Kier molecular flexibility index (Phi) is 4.55. The molecule has 1 N–H and O–H groups in total. The molecule has 0 aliphatic carbocycles. The minimum absolute atomic E-state index is 0.0659. The predicted molar refractivity (Wildman–Crippen MR) is 69.9 cm³/mol. The van der Waals surface area contributed by atoms with Gasteiger partial charge in [-0.15, -0.1) is 0 Å². The number of hydrogen-bond donors (Lipinski definition) is 1. The zero-order valence-electron chi connectivity index (χ0n) is 10.8. The van der Waals surface area contributed by atoms with E-state index in [-0.39, 0.29) is 12.3 Å².